The van der Waals surface area contributed by atoms with E-state index in [1.54, 1.807) is 6.07 Å². The Bertz CT molecular complexity index is 444. The molecule has 1 saturated heterocycles. The van der Waals surface area contributed by atoms with Crippen molar-refractivity contribution in [3.8, 4) is 0 Å². The van der Waals surface area contributed by atoms with E-state index in [0.29, 0.717) is 17.8 Å². The van der Waals surface area contributed by atoms with Crippen molar-refractivity contribution in [2.45, 2.75) is 44.8 Å². The molecule has 0 radical (unpaired) electrons. The van der Waals surface area contributed by atoms with Gasteiger partial charge in [-0.1, -0.05) is 0 Å². The molecule has 0 spiro atoms. The monoisotopic (exact) mass is 266 g/mol. The van der Waals surface area contributed by atoms with Crippen molar-refractivity contribution in [3.63, 3.8) is 0 Å². The summed E-state index contributed by atoms with van der Waals surface area (Å²) in [5.41, 5.74) is 0. The maximum absolute atomic E-state index is 10.8. The van der Waals surface area contributed by atoms with Gasteiger partial charge in [-0.3, -0.25) is 0 Å². The Morgan fingerprint density at radius 3 is 2.89 bits per heavy atom. The number of carboxylic acids is 1. The molecule has 2 heterocycles. The molecule has 5 heteroatoms. The maximum atomic E-state index is 10.8. The van der Waals surface area contributed by atoms with Crippen LogP contribution in [0, 0.1) is 0 Å². The molecule has 1 aliphatic heterocycles. The summed E-state index contributed by atoms with van der Waals surface area (Å²) in [6, 6.07) is 4.31. The van der Waals surface area contributed by atoms with Gasteiger partial charge in [0.15, 0.2) is 0 Å². The minimum Gasteiger partial charge on any atom is -0.475 e. The van der Waals surface area contributed by atoms with Gasteiger partial charge >= 0.3 is 5.97 Å². The molecule has 2 rings (SSSR count). The summed E-state index contributed by atoms with van der Waals surface area (Å²) in [5.74, 6) is -0.337. The van der Waals surface area contributed by atoms with Crippen LogP contribution in [-0.4, -0.2) is 41.7 Å². The molecule has 3 atom stereocenters. The van der Waals surface area contributed by atoms with Crippen LogP contribution in [0.1, 0.15) is 49.0 Å². The van der Waals surface area contributed by atoms with Crippen molar-refractivity contribution in [1.29, 1.82) is 0 Å². The molecule has 0 saturated carbocycles. The van der Waals surface area contributed by atoms with Gasteiger partial charge in [0.2, 0.25) is 5.76 Å². The highest BCUT2D eigenvalue weighted by atomic mass is 16.4. The number of carbonyl (C=O) groups is 1. The van der Waals surface area contributed by atoms with E-state index in [2.05, 4.69) is 24.2 Å². The van der Waals surface area contributed by atoms with Crippen LogP contribution >= 0.6 is 0 Å². The van der Waals surface area contributed by atoms with Gasteiger partial charge < -0.3 is 19.7 Å². The van der Waals surface area contributed by atoms with Gasteiger partial charge in [0.25, 0.3) is 0 Å². The molecular formula is C14H22N2O3. The van der Waals surface area contributed by atoms with Crippen LogP contribution in [0.3, 0.4) is 0 Å². The van der Waals surface area contributed by atoms with Crippen LogP contribution in [0.25, 0.3) is 0 Å². The number of hydrogen-bond acceptors (Lipinski definition) is 4. The molecule has 0 aromatic carbocycles. The fourth-order valence-electron chi connectivity index (χ4n) is 2.58. The molecule has 0 aliphatic carbocycles. The predicted molar refractivity (Wildman–Crippen MR) is 72.3 cm³/mol. The molecule has 1 aromatic rings. The fourth-order valence-corrected chi connectivity index (χ4v) is 2.58. The molecule has 0 bridgehead atoms. The first-order chi connectivity index (χ1) is 8.97. The van der Waals surface area contributed by atoms with Gasteiger partial charge in [0.05, 0.1) is 6.04 Å². The van der Waals surface area contributed by atoms with Gasteiger partial charge in [0, 0.05) is 12.1 Å². The van der Waals surface area contributed by atoms with Gasteiger partial charge in [0.1, 0.15) is 5.76 Å². The number of hydrogen-bond donors (Lipinski definition) is 2. The highest BCUT2D eigenvalue weighted by Gasteiger charge is 2.25. The van der Waals surface area contributed by atoms with Crippen LogP contribution in [0.5, 0.6) is 0 Å². The third-order valence-electron chi connectivity index (χ3n) is 3.96. The average molecular weight is 266 g/mol. The summed E-state index contributed by atoms with van der Waals surface area (Å²) in [5, 5.41) is 12.4. The Kier molecular flexibility index (Phi) is 4.27. The van der Waals surface area contributed by atoms with Crippen molar-refractivity contribution in [2.75, 3.05) is 13.6 Å². The lowest BCUT2D eigenvalue weighted by Crippen LogP contribution is -2.46. The largest absolute Gasteiger partial charge is 0.475 e. The third kappa shape index (κ3) is 3.36. The lowest BCUT2D eigenvalue weighted by atomic mass is 9.98. The minimum absolute atomic E-state index is 0.000366. The molecular weight excluding hydrogens is 244 g/mol. The van der Waals surface area contributed by atoms with Crippen LogP contribution in [0.15, 0.2) is 16.5 Å². The van der Waals surface area contributed by atoms with Gasteiger partial charge in [-0.05, 0) is 52.4 Å². The predicted octanol–water partition coefficient (Wildman–Crippen LogP) is 2.11. The van der Waals surface area contributed by atoms with Gasteiger partial charge in [-0.15, -0.1) is 0 Å². The zero-order valence-electron chi connectivity index (χ0n) is 11.7. The van der Waals surface area contributed by atoms with E-state index in [4.69, 9.17) is 9.52 Å². The zero-order valence-corrected chi connectivity index (χ0v) is 11.7. The SMILES string of the molecule is CC(NC1CCN(C)C(C)C1)c1ccc(C(=O)O)o1. The molecule has 19 heavy (non-hydrogen) atoms. The number of nitrogens with zero attached hydrogens (tertiary/aromatic N) is 1. The topological polar surface area (TPSA) is 65.7 Å². The van der Waals surface area contributed by atoms with Crippen LogP contribution in [-0.2, 0) is 0 Å². The van der Waals surface area contributed by atoms with Crippen LogP contribution in [0.2, 0.25) is 0 Å². The summed E-state index contributed by atoms with van der Waals surface area (Å²) in [6.07, 6.45) is 2.21. The second-order valence-electron chi connectivity index (χ2n) is 5.45. The Morgan fingerprint density at radius 2 is 2.32 bits per heavy atom. The molecule has 1 aliphatic rings. The highest BCUT2D eigenvalue weighted by Crippen LogP contribution is 2.21. The second kappa shape index (κ2) is 5.75. The van der Waals surface area contributed by atoms with Crippen molar-refractivity contribution < 1.29 is 14.3 Å². The molecule has 2 N–H and O–H groups in total. The number of nitrogens with one attached hydrogen (secondary N) is 1. The smallest absolute Gasteiger partial charge is 0.371 e. The van der Waals surface area contributed by atoms with E-state index in [1.165, 1.54) is 6.07 Å². The second-order valence-corrected chi connectivity index (χ2v) is 5.45. The Morgan fingerprint density at radius 1 is 1.58 bits per heavy atom. The summed E-state index contributed by atoms with van der Waals surface area (Å²) >= 11 is 0. The van der Waals surface area contributed by atoms with E-state index < -0.39 is 5.97 Å². The highest BCUT2D eigenvalue weighted by molar-refractivity contribution is 5.84. The standard InChI is InChI=1S/C14H22N2O3/c1-9-8-11(6-7-16(9)3)15-10(2)12-4-5-13(19-12)14(17)18/h4-5,9-11,15H,6-8H2,1-3H3,(H,17,18). The zero-order chi connectivity index (χ0) is 14.0. The van der Waals surface area contributed by atoms with E-state index in [0.717, 1.165) is 19.4 Å². The number of furan rings is 1. The van der Waals surface area contributed by atoms with Crippen LogP contribution in [0.4, 0.5) is 0 Å². The van der Waals surface area contributed by atoms with E-state index >= 15 is 0 Å². The molecule has 1 aromatic heterocycles. The molecule has 5 nitrogen and oxygen atoms in total. The van der Waals surface area contributed by atoms with Crippen LogP contribution < -0.4 is 5.32 Å². The lowest BCUT2D eigenvalue weighted by molar-refractivity contribution is 0.0659. The lowest BCUT2D eigenvalue weighted by Gasteiger charge is -2.36. The van der Waals surface area contributed by atoms with E-state index in [1.807, 2.05) is 6.92 Å². The first-order valence-corrected chi connectivity index (χ1v) is 6.76. The first-order valence-electron chi connectivity index (χ1n) is 6.76. The van der Waals surface area contributed by atoms with E-state index in [9.17, 15) is 4.79 Å². The summed E-state index contributed by atoms with van der Waals surface area (Å²) < 4.78 is 5.32. The Labute approximate surface area is 113 Å². The number of aromatic carboxylic acids is 1. The van der Waals surface area contributed by atoms with E-state index in [-0.39, 0.29) is 11.8 Å². The molecule has 3 unspecified atom stereocenters. The third-order valence-corrected chi connectivity index (χ3v) is 3.96. The van der Waals surface area contributed by atoms with Crippen molar-refractivity contribution in [1.82, 2.24) is 10.2 Å². The average Bonchev–Trinajstić information content (AvgIpc) is 2.83. The Hall–Kier alpha value is -1.33. The molecule has 1 fully saturated rings. The molecule has 0 amide bonds. The maximum Gasteiger partial charge on any atom is 0.371 e. The quantitative estimate of drug-likeness (QED) is 0.873. The minimum atomic E-state index is -1.02. The fraction of sp³-hybridized carbons (Fsp3) is 0.643. The van der Waals surface area contributed by atoms with Crippen molar-refractivity contribution >= 4 is 5.97 Å². The van der Waals surface area contributed by atoms with Gasteiger partial charge in [-0.25, -0.2) is 4.79 Å². The first kappa shape index (κ1) is 14.1. The summed E-state index contributed by atoms with van der Waals surface area (Å²) in [7, 11) is 2.15. The number of likely N-dealkylation sites (tertiary alicyclic amines) is 1. The molecule has 106 valence electrons. The number of rotatable bonds is 4. The van der Waals surface area contributed by atoms with Gasteiger partial charge in [-0.2, -0.15) is 0 Å². The Balaban J connectivity index is 1.93. The number of carboxylic acid groups (broad SMARTS) is 1. The van der Waals surface area contributed by atoms with Crippen molar-refractivity contribution in [2.24, 2.45) is 0 Å². The normalized spacial score (nSPS) is 26.3. The number of piperidine rings is 1. The summed E-state index contributed by atoms with van der Waals surface area (Å²) in [4.78, 5) is 13.1. The van der Waals surface area contributed by atoms with Crippen molar-refractivity contribution in [3.05, 3.63) is 23.7 Å². The summed E-state index contributed by atoms with van der Waals surface area (Å²) in [6.45, 7) is 5.32.